The van der Waals surface area contributed by atoms with Gasteiger partial charge in [-0.1, -0.05) is 46.4 Å². The molecule has 2 amide bonds. The zero-order valence-electron chi connectivity index (χ0n) is 13.5. The molecule has 0 radical (unpaired) electrons. The quantitative estimate of drug-likeness (QED) is 0.530. The Labute approximate surface area is 169 Å². The molecule has 0 spiro atoms. The van der Waals surface area contributed by atoms with Crippen LogP contribution in [0.2, 0.25) is 20.1 Å². The van der Waals surface area contributed by atoms with Crippen LogP contribution in [-0.2, 0) is 9.59 Å². The van der Waals surface area contributed by atoms with Crippen LogP contribution in [0.5, 0.6) is 0 Å². The molecule has 136 valence electrons. The van der Waals surface area contributed by atoms with E-state index < -0.39 is 0 Å². The van der Waals surface area contributed by atoms with Gasteiger partial charge >= 0.3 is 0 Å². The summed E-state index contributed by atoms with van der Waals surface area (Å²) in [6.07, 6.45) is 0. The Morgan fingerprint density at radius 1 is 0.692 bits per heavy atom. The third-order valence-electron chi connectivity index (χ3n) is 2.92. The number of hydrogen-bond donors (Lipinski definition) is 2. The monoisotopic (exact) mass is 432 g/mol. The van der Waals surface area contributed by atoms with Crippen LogP contribution in [-0.4, -0.2) is 11.8 Å². The SMILES string of the molecule is CC(=O)Nc1cc(Cl)c(N=Nc2c(Cl)cc(NC(C)=O)cc2Cl)c(Cl)c1. The normalized spacial score (nSPS) is 10.8. The molecule has 0 saturated heterocycles. The summed E-state index contributed by atoms with van der Waals surface area (Å²) in [5.41, 5.74) is 1.25. The number of rotatable bonds is 4. The van der Waals surface area contributed by atoms with Gasteiger partial charge in [0.05, 0.1) is 20.1 Å². The first-order valence-corrected chi connectivity index (χ1v) is 8.63. The maximum atomic E-state index is 11.1. The molecule has 0 atom stereocenters. The van der Waals surface area contributed by atoms with Crippen molar-refractivity contribution in [1.29, 1.82) is 0 Å². The minimum Gasteiger partial charge on any atom is -0.326 e. The second-order valence-corrected chi connectivity index (χ2v) is 6.77. The van der Waals surface area contributed by atoms with Crippen molar-refractivity contribution in [2.24, 2.45) is 10.2 Å². The summed E-state index contributed by atoms with van der Waals surface area (Å²) in [7, 11) is 0. The highest BCUT2D eigenvalue weighted by Gasteiger charge is 2.12. The molecule has 10 heteroatoms. The molecule has 6 nitrogen and oxygen atoms in total. The second-order valence-electron chi connectivity index (χ2n) is 5.14. The van der Waals surface area contributed by atoms with Gasteiger partial charge in [0, 0.05) is 25.2 Å². The molecular weight excluding hydrogens is 422 g/mol. The van der Waals surface area contributed by atoms with Crippen LogP contribution in [0.3, 0.4) is 0 Å². The molecule has 0 aliphatic heterocycles. The summed E-state index contributed by atoms with van der Waals surface area (Å²) < 4.78 is 0. The predicted octanol–water partition coefficient (Wildman–Crippen LogP) is 6.63. The van der Waals surface area contributed by atoms with Crippen molar-refractivity contribution in [2.75, 3.05) is 10.6 Å². The van der Waals surface area contributed by atoms with Crippen molar-refractivity contribution in [2.45, 2.75) is 13.8 Å². The maximum absolute atomic E-state index is 11.1. The van der Waals surface area contributed by atoms with E-state index in [4.69, 9.17) is 46.4 Å². The molecule has 2 aromatic rings. The first kappa shape index (κ1) is 20.5. The predicted molar refractivity (Wildman–Crippen MR) is 106 cm³/mol. The molecule has 0 bridgehead atoms. The van der Waals surface area contributed by atoms with Crippen LogP contribution in [0.25, 0.3) is 0 Å². The van der Waals surface area contributed by atoms with E-state index in [0.29, 0.717) is 11.4 Å². The summed E-state index contributed by atoms with van der Waals surface area (Å²) in [6, 6.07) is 5.97. The Bertz CT molecular complexity index is 796. The van der Waals surface area contributed by atoms with E-state index in [9.17, 15) is 9.59 Å². The number of benzene rings is 2. The summed E-state index contributed by atoms with van der Waals surface area (Å²) in [5, 5.41) is 13.9. The third kappa shape index (κ3) is 5.32. The zero-order chi connectivity index (χ0) is 19.4. The van der Waals surface area contributed by atoms with E-state index in [1.807, 2.05) is 0 Å². The van der Waals surface area contributed by atoms with Gasteiger partial charge in [-0.25, -0.2) is 0 Å². The topological polar surface area (TPSA) is 82.9 Å². The molecule has 0 unspecified atom stereocenters. The third-order valence-corrected chi connectivity index (χ3v) is 4.08. The Kier molecular flexibility index (Phi) is 6.83. The fraction of sp³-hybridized carbons (Fsp3) is 0.125. The lowest BCUT2D eigenvalue weighted by molar-refractivity contribution is -0.115. The average molecular weight is 434 g/mol. The van der Waals surface area contributed by atoms with Crippen molar-refractivity contribution in [3.05, 3.63) is 44.4 Å². The minimum atomic E-state index is -0.260. The lowest BCUT2D eigenvalue weighted by atomic mass is 10.2. The first-order valence-electron chi connectivity index (χ1n) is 7.12. The Balaban J connectivity index is 2.35. The molecule has 0 heterocycles. The van der Waals surface area contributed by atoms with Gasteiger partial charge < -0.3 is 10.6 Å². The van der Waals surface area contributed by atoms with Crippen LogP contribution < -0.4 is 10.6 Å². The summed E-state index contributed by atoms with van der Waals surface area (Å²) >= 11 is 24.6. The van der Waals surface area contributed by atoms with E-state index >= 15 is 0 Å². The van der Waals surface area contributed by atoms with Crippen molar-refractivity contribution < 1.29 is 9.59 Å². The van der Waals surface area contributed by atoms with Gasteiger partial charge in [-0.3, -0.25) is 9.59 Å². The largest absolute Gasteiger partial charge is 0.326 e. The zero-order valence-corrected chi connectivity index (χ0v) is 16.6. The highest BCUT2D eigenvalue weighted by Crippen LogP contribution is 2.40. The number of amides is 2. The fourth-order valence-corrected chi connectivity index (χ4v) is 3.10. The molecule has 0 aromatic heterocycles. The lowest BCUT2D eigenvalue weighted by Gasteiger charge is -2.08. The first-order chi connectivity index (χ1) is 12.2. The van der Waals surface area contributed by atoms with E-state index in [2.05, 4.69) is 20.9 Å². The lowest BCUT2D eigenvalue weighted by Crippen LogP contribution is -2.05. The number of nitrogens with one attached hydrogen (secondary N) is 2. The van der Waals surface area contributed by atoms with Gasteiger partial charge in [-0.05, 0) is 24.3 Å². The summed E-state index contributed by atoms with van der Waals surface area (Å²) in [6.45, 7) is 2.73. The number of anilines is 2. The molecule has 0 saturated carbocycles. The summed E-state index contributed by atoms with van der Waals surface area (Å²) in [4.78, 5) is 22.2. The molecule has 2 aromatic carbocycles. The van der Waals surface area contributed by atoms with Gasteiger partial charge in [0.15, 0.2) is 0 Å². The van der Waals surface area contributed by atoms with Gasteiger partial charge in [0.1, 0.15) is 11.4 Å². The van der Waals surface area contributed by atoms with Crippen molar-refractivity contribution in [1.82, 2.24) is 0 Å². The number of nitrogens with zero attached hydrogens (tertiary/aromatic N) is 2. The van der Waals surface area contributed by atoms with Gasteiger partial charge in [-0.15, -0.1) is 10.2 Å². The molecule has 0 fully saturated rings. The molecule has 0 aliphatic carbocycles. The van der Waals surface area contributed by atoms with Gasteiger partial charge in [-0.2, -0.15) is 0 Å². The van der Waals surface area contributed by atoms with E-state index in [1.165, 1.54) is 38.1 Å². The molecule has 2 rings (SSSR count). The molecular formula is C16H12Cl4N4O2. The molecule has 2 N–H and O–H groups in total. The minimum absolute atomic E-state index is 0.187. The van der Waals surface area contributed by atoms with Crippen LogP contribution in [0.15, 0.2) is 34.5 Å². The smallest absolute Gasteiger partial charge is 0.221 e. The Hall–Kier alpha value is -1.86. The van der Waals surface area contributed by atoms with Gasteiger partial charge in [0.25, 0.3) is 0 Å². The number of carbonyl (C=O) groups excluding carboxylic acids is 2. The summed E-state index contributed by atoms with van der Waals surface area (Å²) in [5.74, 6) is -0.520. The fourth-order valence-electron chi connectivity index (χ4n) is 1.97. The van der Waals surface area contributed by atoms with Crippen molar-refractivity contribution >= 4 is 81.0 Å². The number of carbonyl (C=O) groups is 2. The van der Waals surface area contributed by atoms with Crippen LogP contribution in [0.1, 0.15) is 13.8 Å². The van der Waals surface area contributed by atoms with Crippen molar-refractivity contribution in [3.63, 3.8) is 0 Å². The maximum Gasteiger partial charge on any atom is 0.221 e. The Morgan fingerprint density at radius 3 is 1.19 bits per heavy atom. The van der Waals surface area contributed by atoms with E-state index in [1.54, 1.807) is 0 Å². The number of azo groups is 1. The number of hydrogen-bond acceptors (Lipinski definition) is 4. The van der Waals surface area contributed by atoms with Crippen molar-refractivity contribution in [3.8, 4) is 0 Å². The Morgan fingerprint density at radius 2 is 0.962 bits per heavy atom. The van der Waals surface area contributed by atoms with Crippen LogP contribution in [0, 0.1) is 0 Å². The molecule has 26 heavy (non-hydrogen) atoms. The van der Waals surface area contributed by atoms with Crippen LogP contribution in [0.4, 0.5) is 22.7 Å². The average Bonchev–Trinajstić information content (AvgIpc) is 2.47. The van der Waals surface area contributed by atoms with E-state index in [0.717, 1.165) is 0 Å². The standard InChI is InChI=1S/C16H12Cl4N4O2/c1-7(25)21-9-3-11(17)15(12(18)4-9)23-24-16-13(19)5-10(6-14(16)20)22-8(2)26/h3-6H,1-2H3,(H,21,25)(H,22,26). The second kappa shape index (κ2) is 8.68. The van der Waals surface area contributed by atoms with Crippen LogP contribution >= 0.6 is 46.4 Å². The van der Waals surface area contributed by atoms with Gasteiger partial charge in [0.2, 0.25) is 11.8 Å². The highest BCUT2D eigenvalue weighted by atomic mass is 35.5. The molecule has 0 aliphatic rings. The number of halogens is 4. The highest BCUT2D eigenvalue weighted by molar-refractivity contribution is 6.40. The van der Waals surface area contributed by atoms with E-state index in [-0.39, 0.29) is 43.3 Å².